The Kier molecular flexibility index (Phi) is 2.17. The molecule has 0 amide bonds. The van der Waals surface area contributed by atoms with Crippen LogP contribution in [0.5, 0.6) is 11.5 Å². The van der Waals surface area contributed by atoms with Crippen molar-refractivity contribution >= 4 is 39.7 Å². The summed E-state index contributed by atoms with van der Waals surface area (Å²) < 4.78 is 6.94. The lowest BCUT2D eigenvalue weighted by atomic mass is 10.2. The monoisotopic (exact) mass is 324 g/mol. The van der Waals surface area contributed by atoms with Gasteiger partial charge >= 0.3 is 0 Å². The molecule has 3 N–H and O–H groups in total. The summed E-state index contributed by atoms with van der Waals surface area (Å²) in [6, 6.07) is 11.6. The van der Waals surface area contributed by atoms with Gasteiger partial charge in [-0.3, -0.25) is 0 Å². The van der Waals surface area contributed by atoms with Gasteiger partial charge in [0.1, 0.15) is 0 Å². The van der Waals surface area contributed by atoms with Crippen LogP contribution in [0.2, 0.25) is 0 Å². The summed E-state index contributed by atoms with van der Waals surface area (Å²) in [5, 5.41) is 3.31. The quantitative estimate of drug-likeness (QED) is 0.489. The van der Waals surface area contributed by atoms with E-state index in [0.717, 1.165) is 26.4 Å². The van der Waals surface area contributed by atoms with Gasteiger partial charge in [-0.1, -0.05) is 0 Å². The molecule has 0 saturated carbocycles. The molecule has 16 heavy (non-hydrogen) atoms. The maximum atomic E-state index is 5.79. The first kappa shape index (κ1) is 9.77. The van der Waals surface area contributed by atoms with Gasteiger partial charge in [0.25, 0.3) is 0 Å². The number of nitrogens with two attached hydrogens (primary N) is 1. The van der Waals surface area contributed by atoms with E-state index >= 15 is 0 Å². The van der Waals surface area contributed by atoms with E-state index in [2.05, 4.69) is 27.9 Å². The van der Waals surface area contributed by atoms with Gasteiger partial charge in [-0.2, -0.15) is 0 Å². The van der Waals surface area contributed by atoms with Gasteiger partial charge in [0.05, 0.1) is 11.4 Å². The molecule has 3 nitrogen and oxygen atoms in total. The van der Waals surface area contributed by atoms with Crippen LogP contribution >= 0.6 is 22.6 Å². The van der Waals surface area contributed by atoms with E-state index in [1.165, 1.54) is 0 Å². The fourth-order valence-corrected chi connectivity index (χ4v) is 2.14. The lowest BCUT2D eigenvalue weighted by Crippen LogP contribution is -2.03. The molecule has 0 unspecified atom stereocenters. The summed E-state index contributed by atoms with van der Waals surface area (Å²) in [5.74, 6) is 1.61. The van der Waals surface area contributed by atoms with E-state index in [1.54, 1.807) is 0 Å². The minimum Gasteiger partial charge on any atom is -0.453 e. The highest BCUT2D eigenvalue weighted by Gasteiger charge is 2.16. The van der Waals surface area contributed by atoms with E-state index in [1.807, 2.05) is 36.4 Å². The molecule has 0 saturated heterocycles. The highest BCUT2D eigenvalue weighted by molar-refractivity contribution is 14.1. The van der Waals surface area contributed by atoms with E-state index in [0.29, 0.717) is 5.69 Å². The number of hydrogen-bond donors (Lipinski definition) is 2. The highest BCUT2D eigenvalue weighted by Crippen LogP contribution is 2.42. The van der Waals surface area contributed by atoms with Crippen molar-refractivity contribution in [2.45, 2.75) is 0 Å². The molecule has 0 fully saturated rings. The molecule has 0 bridgehead atoms. The van der Waals surface area contributed by atoms with Crippen LogP contribution < -0.4 is 15.8 Å². The van der Waals surface area contributed by atoms with Crippen molar-refractivity contribution in [3.05, 3.63) is 40.0 Å². The van der Waals surface area contributed by atoms with Gasteiger partial charge in [0.15, 0.2) is 11.5 Å². The van der Waals surface area contributed by atoms with Crippen LogP contribution in [0.4, 0.5) is 17.1 Å². The number of benzene rings is 2. The molecule has 4 heteroatoms. The number of fused-ring (bicyclic) bond motifs is 2. The number of nitrogens with one attached hydrogen (secondary N) is 1. The number of anilines is 3. The molecule has 2 aromatic carbocycles. The third-order valence-electron chi connectivity index (χ3n) is 2.44. The number of halogens is 1. The van der Waals surface area contributed by atoms with Crippen molar-refractivity contribution < 1.29 is 4.74 Å². The molecule has 80 valence electrons. The fourth-order valence-electron chi connectivity index (χ4n) is 1.67. The number of nitrogen functional groups attached to an aromatic ring is 1. The van der Waals surface area contributed by atoms with Crippen LogP contribution in [-0.4, -0.2) is 0 Å². The molecule has 1 aliphatic rings. The molecule has 0 spiro atoms. The first-order chi connectivity index (χ1) is 7.72. The average molecular weight is 324 g/mol. The minimum absolute atomic E-state index is 0.703. The molecule has 0 aliphatic carbocycles. The van der Waals surface area contributed by atoms with E-state index < -0.39 is 0 Å². The Balaban J connectivity index is 2.10. The van der Waals surface area contributed by atoms with Crippen LogP contribution in [0.25, 0.3) is 0 Å². The second-order valence-electron chi connectivity index (χ2n) is 3.62. The van der Waals surface area contributed by atoms with Gasteiger partial charge in [0.2, 0.25) is 0 Å². The Morgan fingerprint density at radius 2 is 1.69 bits per heavy atom. The van der Waals surface area contributed by atoms with E-state index in [4.69, 9.17) is 10.5 Å². The smallest absolute Gasteiger partial charge is 0.153 e. The first-order valence-corrected chi connectivity index (χ1v) is 5.94. The Morgan fingerprint density at radius 1 is 1.00 bits per heavy atom. The van der Waals surface area contributed by atoms with Crippen molar-refractivity contribution in [2.24, 2.45) is 0 Å². The molecule has 0 aromatic heterocycles. The van der Waals surface area contributed by atoms with Gasteiger partial charge < -0.3 is 15.8 Å². The maximum absolute atomic E-state index is 5.79. The zero-order chi connectivity index (χ0) is 11.1. The standard InChI is InChI=1S/C12H9IN2O/c13-7-1-3-9-11(5-7)16-12-6-8(14)2-4-10(12)15-9/h1-6,15H,14H2. The van der Waals surface area contributed by atoms with Gasteiger partial charge in [-0.15, -0.1) is 0 Å². The molecule has 1 aliphatic heterocycles. The molecule has 1 heterocycles. The summed E-state index contributed by atoms with van der Waals surface area (Å²) in [6.45, 7) is 0. The Hall–Kier alpha value is -1.43. The van der Waals surface area contributed by atoms with Gasteiger partial charge in [-0.05, 0) is 52.9 Å². The zero-order valence-electron chi connectivity index (χ0n) is 8.33. The topological polar surface area (TPSA) is 47.3 Å². The third-order valence-corrected chi connectivity index (χ3v) is 3.11. The molecule has 0 radical (unpaired) electrons. The predicted molar refractivity (Wildman–Crippen MR) is 73.4 cm³/mol. The lowest BCUT2D eigenvalue weighted by Gasteiger charge is -2.22. The van der Waals surface area contributed by atoms with Crippen molar-refractivity contribution in [2.75, 3.05) is 11.1 Å². The van der Waals surface area contributed by atoms with Crippen LogP contribution in [-0.2, 0) is 0 Å². The van der Waals surface area contributed by atoms with Crippen LogP contribution in [0.15, 0.2) is 36.4 Å². The Bertz CT molecular complexity index is 519. The molecular formula is C12H9IN2O. The average Bonchev–Trinajstić information content (AvgIpc) is 2.26. The SMILES string of the molecule is Nc1ccc2c(c1)Oc1cc(I)ccc1N2. The van der Waals surface area contributed by atoms with Crippen molar-refractivity contribution in [3.63, 3.8) is 0 Å². The minimum atomic E-state index is 0.703. The summed E-state index contributed by atoms with van der Waals surface area (Å²) in [6.07, 6.45) is 0. The Morgan fingerprint density at radius 3 is 2.50 bits per heavy atom. The number of hydrogen-bond acceptors (Lipinski definition) is 3. The molecular weight excluding hydrogens is 315 g/mol. The summed E-state index contributed by atoms with van der Waals surface area (Å²) >= 11 is 2.26. The number of rotatable bonds is 0. The summed E-state index contributed by atoms with van der Waals surface area (Å²) in [4.78, 5) is 0. The van der Waals surface area contributed by atoms with Crippen LogP contribution in [0.3, 0.4) is 0 Å². The Labute approximate surface area is 107 Å². The van der Waals surface area contributed by atoms with Crippen molar-refractivity contribution in [3.8, 4) is 11.5 Å². The second-order valence-corrected chi connectivity index (χ2v) is 4.87. The van der Waals surface area contributed by atoms with Crippen molar-refractivity contribution in [1.29, 1.82) is 0 Å². The van der Waals surface area contributed by atoms with E-state index in [9.17, 15) is 0 Å². The number of ether oxygens (including phenoxy) is 1. The summed E-state index contributed by atoms with van der Waals surface area (Å²) in [7, 11) is 0. The second kappa shape index (κ2) is 3.55. The molecule has 3 rings (SSSR count). The van der Waals surface area contributed by atoms with Crippen LogP contribution in [0, 0.1) is 3.57 Å². The maximum Gasteiger partial charge on any atom is 0.153 e. The lowest BCUT2D eigenvalue weighted by molar-refractivity contribution is 0.481. The van der Waals surface area contributed by atoms with Gasteiger partial charge in [-0.25, -0.2) is 0 Å². The predicted octanol–water partition coefficient (Wildman–Crippen LogP) is 3.72. The normalized spacial score (nSPS) is 12.1. The summed E-state index contributed by atoms with van der Waals surface area (Å²) in [5.41, 5.74) is 8.36. The third kappa shape index (κ3) is 1.59. The van der Waals surface area contributed by atoms with Crippen molar-refractivity contribution in [1.82, 2.24) is 0 Å². The zero-order valence-corrected chi connectivity index (χ0v) is 10.5. The molecule has 0 atom stereocenters. The highest BCUT2D eigenvalue weighted by atomic mass is 127. The van der Waals surface area contributed by atoms with Crippen LogP contribution in [0.1, 0.15) is 0 Å². The van der Waals surface area contributed by atoms with E-state index in [-0.39, 0.29) is 0 Å². The van der Waals surface area contributed by atoms with Gasteiger partial charge in [0, 0.05) is 15.3 Å². The fraction of sp³-hybridized carbons (Fsp3) is 0. The largest absolute Gasteiger partial charge is 0.453 e. The molecule has 2 aromatic rings. The first-order valence-electron chi connectivity index (χ1n) is 4.86.